The van der Waals surface area contributed by atoms with Crippen LogP contribution in [0.2, 0.25) is 0 Å². The first-order chi connectivity index (χ1) is 11.0. The van der Waals surface area contributed by atoms with Crippen molar-refractivity contribution in [3.05, 3.63) is 50.9 Å². The maximum atomic E-state index is 12.2. The highest BCUT2D eigenvalue weighted by Crippen LogP contribution is 2.37. The lowest BCUT2D eigenvalue weighted by Gasteiger charge is -2.14. The van der Waals surface area contributed by atoms with Gasteiger partial charge in [0.2, 0.25) is 0 Å². The maximum absolute atomic E-state index is 12.2. The summed E-state index contributed by atoms with van der Waals surface area (Å²) in [7, 11) is 0. The monoisotopic (exact) mass is 353 g/mol. The fourth-order valence-electron chi connectivity index (χ4n) is 1.90. The summed E-state index contributed by atoms with van der Waals surface area (Å²) in [5.41, 5.74) is 0.414. The number of nitrogens with one attached hydrogen (secondary N) is 1. The minimum Gasteiger partial charge on any atom is -0.595 e. The van der Waals surface area contributed by atoms with Crippen molar-refractivity contribution in [3.63, 3.8) is 0 Å². The lowest BCUT2D eigenvalue weighted by molar-refractivity contribution is -0.991. The van der Waals surface area contributed by atoms with Gasteiger partial charge in [-0.3, -0.25) is 4.79 Å². The number of hydrogen-bond donors (Lipinski definition) is 3. The Balaban J connectivity index is 2.21. The van der Waals surface area contributed by atoms with Crippen LogP contribution in [-0.2, 0) is 9.59 Å². The number of quaternary nitrogens is 1. The Morgan fingerprint density at radius 2 is 1.96 bits per heavy atom. The molecule has 1 aromatic carbocycles. The molecular formula is C15H15NO5S2. The zero-order valence-corrected chi connectivity index (χ0v) is 13.7. The largest absolute Gasteiger partial charge is 0.595 e. The van der Waals surface area contributed by atoms with Gasteiger partial charge >= 0.3 is 5.97 Å². The Labute approximate surface area is 141 Å². The number of allylic oxidation sites excluding steroid dienone is 1. The molecule has 1 unspecified atom stereocenters. The fraction of sp³-hybridized carbons (Fsp3) is 0.200. The lowest BCUT2D eigenvalue weighted by atomic mass is 10.1. The third kappa shape index (κ3) is 4.95. The average Bonchev–Trinajstić information content (AvgIpc) is 2.54. The van der Waals surface area contributed by atoms with Crippen LogP contribution in [0.1, 0.15) is 12.0 Å². The van der Waals surface area contributed by atoms with Crippen molar-refractivity contribution in [3.8, 4) is 0 Å². The van der Waals surface area contributed by atoms with E-state index in [4.69, 9.17) is 5.21 Å². The molecule has 0 bridgehead atoms. The fourth-order valence-corrected chi connectivity index (χ4v) is 4.53. The first-order valence-electron chi connectivity index (χ1n) is 6.78. The molecule has 1 aliphatic rings. The number of aliphatic carboxylic acids is 1. The molecule has 8 heteroatoms. The number of benzene rings is 1. The Morgan fingerprint density at radius 1 is 1.26 bits per heavy atom. The molecular weight excluding hydrogens is 338 g/mol. The van der Waals surface area contributed by atoms with E-state index in [1.54, 1.807) is 12.1 Å². The normalized spacial score (nSPS) is 16.3. The van der Waals surface area contributed by atoms with E-state index < -0.39 is 17.0 Å². The van der Waals surface area contributed by atoms with Gasteiger partial charge in [0.15, 0.2) is 11.5 Å². The number of ketones is 1. The van der Waals surface area contributed by atoms with Gasteiger partial charge in [-0.25, -0.2) is 10.0 Å². The molecule has 1 aliphatic heterocycles. The van der Waals surface area contributed by atoms with Crippen LogP contribution in [0.4, 0.5) is 5.69 Å². The van der Waals surface area contributed by atoms with Gasteiger partial charge in [0.05, 0.1) is 4.24 Å². The second-order valence-electron chi connectivity index (χ2n) is 4.65. The molecule has 1 aromatic rings. The quantitative estimate of drug-likeness (QED) is 0.321. The first-order valence-corrected chi connectivity index (χ1v) is 8.75. The summed E-state index contributed by atoms with van der Waals surface area (Å²) in [4.78, 5) is 23.6. The van der Waals surface area contributed by atoms with E-state index in [2.05, 4.69) is 0 Å². The first kappa shape index (κ1) is 17.8. The predicted molar refractivity (Wildman–Crippen MR) is 90.5 cm³/mol. The van der Waals surface area contributed by atoms with Gasteiger partial charge in [-0.1, -0.05) is 18.2 Å². The number of carbonyl (C=O) groups is 2. The zero-order chi connectivity index (χ0) is 16.8. The van der Waals surface area contributed by atoms with Crippen molar-refractivity contribution >= 4 is 47.0 Å². The van der Waals surface area contributed by atoms with Crippen LogP contribution in [0, 0.1) is 5.21 Å². The van der Waals surface area contributed by atoms with Crippen LogP contribution < -0.4 is 5.23 Å². The number of rotatable bonds is 5. The predicted octanol–water partition coefficient (Wildman–Crippen LogP) is 1.84. The molecule has 0 spiro atoms. The van der Waals surface area contributed by atoms with Gasteiger partial charge in [-0.05, 0) is 29.6 Å². The Hall–Kier alpha value is -1.58. The highest BCUT2D eigenvalue weighted by atomic mass is 32.2. The van der Waals surface area contributed by atoms with Crippen LogP contribution in [-0.4, -0.2) is 33.6 Å². The van der Waals surface area contributed by atoms with Crippen LogP contribution >= 0.6 is 23.5 Å². The van der Waals surface area contributed by atoms with E-state index in [1.165, 1.54) is 47.8 Å². The third-order valence-electron chi connectivity index (χ3n) is 2.98. The molecule has 0 aliphatic carbocycles. The second kappa shape index (κ2) is 8.32. The van der Waals surface area contributed by atoms with E-state index in [9.17, 15) is 19.9 Å². The molecule has 1 heterocycles. The molecule has 1 atom stereocenters. The molecule has 122 valence electrons. The number of carboxylic acids is 1. The highest BCUT2D eigenvalue weighted by molar-refractivity contribution is 8.22. The Morgan fingerprint density at radius 3 is 2.57 bits per heavy atom. The van der Waals surface area contributed by atoms with Crippen molar-refractivity contribution in [2.24, 2.45) is 0 Å². The van der Waals surface area contributed by atoms with Crippen molar-refractivity contribution < 1.29 is 25.1 Å². The molecule has 23 heavy (non-hydrogen) atoms. The molecule has 1 saturated heterocycles. The standard InChI is InChI=1S/C15H15NO5S2/c17-12(13(14(18)19)15-22-7-2-8-23-15)6-5-10-3-1-4-11(9-10)16(20)21/h1,3-6,9,16,20H,2,7-8H2,(H,18,19). The van der Waals surface area contributed by atoms with Crippen molar-refractivity contribution in [1.82, 2.24) is 0 Å². The third-order valence-corrected chi connectivity index (χ3v) is 5.61. The van der Waals surface area contributed by atoms with Crippen molar-refractivity contribution in [2.45, 2.75) is 6.42 Å². The van der Waals surface area contributed by atoms with Gasteiger partial charge in [0, 0.05) is 12.1 Å². The molecule has 0 amide bonds. The van der Waals surface area contributed by atoms with Gasteiger partial charge < -0.3 is 10.3 Å². The van der Waals surface area contributed by atoms with E-state index in [0.29, 0.717) is 9.80 Å². The molecule has 0 radical (unpaired) electrons. The average molecular weight is 353 g/mol. The maximum Gasteiger partial charge on any atom is 0.341 e. The molecule has 3 N–H and O–H groups in total. The second-order valence-corrected chi connectivity index (χ2v) is 7.12. The van der Waals surface area contributed by atoms with Gasteiger partial charge in [0.1, 0.15) is 5.57 Å². The van der Waals surface area contributed by atoms with E-state index >= 15 is 0 Å². The molecule has 0 aromatic heterocycles. The summed E-state index contributed by atoms with van der Waals surface area (Å²) in [6.45, 7) is 0. The molecule has 6 nitrogen and oxygen atoms in total. The minimum absolute atomic E-state index is 0.106. The number of thioether (sulfide) groups is 2. The summed E-state index contributed by atoms with van der Waals surface area (Å²) in [6.07, 6.45) is 3.58. The zero-order valence-electron chi connectivity index (χ0n) is 12.0. The number of carbonyl (C=O) groups excluding carboxylic acids is 1. The van der Waals surface area contributed by atoms with E-state index in [-0.39, 0.29) is 11.3 Å². The summed E-state index contributed by atoms with van der Waals surface area (Å²) in [5, 5.41) is 28.1. The Kier molecular flexibility index (Phi) is 6.43. The van der Waals surface area contributed by atoms with Gasteiger partial charge in [-0.2, -0.15) is 5.23 Å². The summed E-state index contributed by atoms with van der Waals surface area (Å²) in [6, 6.07) is 6.08. The Bertz CT molecular complexity index is 662. The van der Waals surface area contributed by atoms with E-state index in [0.717, 1.165) is 17.9 Å². The summed E-state index contributed by atoms with van der Waals surface area (Å²) in [5.74, 6) is -0.223. The van der Waals surface area contributed by atoms with Crippen LogP contribution in [0.5, 0.6) is 0 Å². The van der Waals surface area contributed by atoms with Crippen LogP contribution in [0.25, 0.3) is 6.08 Å². The summed E-state index contributed by atoms with van der Waals surface area (Å²) < 4.78 is 0.540. The van der Waals surface area contributed by atoms with Gasteiger partial charge in [0.25, 0.3) is 0 Å². The summed E-state index contributed by atoms with van der Waals surface area (Å²) >= 11 is 2.77. The van der Waals surface area contributed by atoms with Gasteiger partial charge in [-0.15, -0.1) is 23.5 Å². The van der Waals surface area contributed by atoms with Crippen molar-refractivity contribution in [1.29, 1.82) is 0 Å². The molecule has 0 saturated carbocycles. The number of hydrogen-bond acceptors (Lipinski definition) is 6. The topological polar surface area (TPSA) is 102 Å². The van der Waals surface area contributed by atoms with Crippen LogP contribution in [0.3, 0.4) is 0 Å². The van der Waals surface area contributed by atoms with Crippen LogP contribution in [0.15, 0.2) is 40.2 Å². The molecule has 2 rings (SSSR count). The highest BCUT2D eigenvalue weighted by Gasteiger charge is 2.23. The lowest BCUT2D eigenvalue weighted by Crippen LogP contribution is -2.99. The number of carboxylic acid groups (broad SMARTS) is 1. The molecule has 1 fully saturated rings. The minimum atomic E-state index is -1.24. The van der Waals surface area contributed by atoms with Crippen molar-refractivity contribution in [2.75, 3.05) is 11.5 Å². The van der Waals surface area contributed by atoms with E-state index in [1.807, 2.05) is 0 Å². The smallest absolute Gasteiger partial charge is 0.341 e. The SMILES string of the molecule is O=C(O)C(C(=O)C=Cc1cccc([NH+]([O-])O)c1)=C1SCCCS1.